The first kappa shape index (κ1) is 14.8. The van der Waals surface area contributed by atoms with E-state index in [1.807, 2.05) is 6.92 Å². The van der Waals surface area contributed by atoms with Gasteiger partial charge in [-0.15, -0.1) is 0 Å². The van der Waals surface area contributed by atoms with Crippen LogP contribution in [0.3, 0.4) is 0 Å². The minimum Gasteiger partial charge on any atom is -0.298 e. The number of piperidine rings is 1. The highest BCUT2D eigenvalue weighted by Gasteiger charge is 2.46. The number of hydrogen-bond donors (Lipinski definition) is 0. The van der Waals surface area contributed by atoms with Gasteiger partial charge in [0.05, 0.1) is 0 Å². The zero-order chi connectivity index (χ0) is 13.3. The molecule has 0 N–H and O–H groups in total. The third kappa shape index (κ3) is 3.15. The average Bonchev–Trinajstić information content (AvgIpc) is 2.26. The SMILES string of the molecule is CCC1(C(F)C(F)F)CCN(C(C)(C)C)CC1. The van der Waals surface area contributed by atoms with E-state index in [4.69, 9.17) is 0 Å². The predicted molar refractivity (Wildman–Crippen MR) is 64.2 cm³/mol. The molecule has 1 saturated heterocycles. The van der Waals surface area contributed by atoms with Gasteiger partial charge in [0.2, 0.25) is 0 Å². The van der Waals surface area contributed by atoms with E-state index >= 15 is 0 Å². The fourth-order valence-corrected chi connectivity index (χ4v) is 2.71. The van der Waals surface area contributed by atoms with E-state index in [0.29, 0.717) is 32.4 Å². The van der Waals surface area contributed by atoms with Gasteiger partial charge in [-0.1, -0.05) is 6.92 Å². The van der Waals surface area contributed by atoms with Crippen molar-refractivity contribution in [2.75, 3.05) is 13.1 Å². The lowest BCUT2D eigenvalue weighted by molar-refractivity contribution is -0.0729. The van der Waals surface area contributed by atoms with Crippen LogP contribution in [0, 0.1) is 5.41 Å². The second-order valence-electron chi connectivity index (χ2n) is 6.11. The number of nitrogens with zero attached hydrogens (tertiary/aromatic N) is 1. The second kappa shape index (κ2) is 5.17. The highest BCUT2D eigenvalue weighted by Crippen LogP contribution is 2.43. The fraction of sp³-hybridized carbons (Fsp3) is 1.00. The van der Waals surface area contributed by atoms with Gasteiger partial charge in [0, 0.05) is 11.0 Å². The van der Waals surface area contributed by atoms with Crippen molar-refractivity contribution in [3.05, 3.63) is 0 Å². The molecule has 0 saturated carbocycles. The molecule has 1 rings (SSSR count). The van der Waals surface area contributed by atoms with Gasteiger partial charge in [0.15, 0.2) is 6.17 Å². The summed E-state index contributed by atoms with van der Waals surface area (Å²) >= 11 is 0. The summed E-state index contributed by atoms with van der Waals surface area (Å²) < 4.78 is 38.9. The Bertz CT molecular complexity index is 240. The lowest BCUT2D eigenvalue weighted by Crippen LogP contribution is -2.52. The van der Waals surface area contributed by atoms with Crippen LogP contribution in [0.25, 0.3) is 0 Å². The van der Waals surface area contributed by atoms with Gasteiger partial charge in [0.25, 0.3) is 6.43 Å². The van der Waals surface area contributed by atoms with Crippen molar-refractivity contribution in [1.29, 1.82) is 0 Å². The maximum absolute atomic E-state index is 13.7. The van der Waals surface area contributed by atoms with Crippen molar-refractivity contribution in [2.24, 2.45) is 5.41 Å². The maximum atomic E-state index is 13.7. The Labute approximate surface area is 102 Å². The van der Waals surface area contributed by atoms with Gasteiger partial charge >= 0.3 is 0 Å². The minimum atomic E-state index is -2.85. The summed E-state index contributed by atoms with van der Waals surface area (Å²) in [6.45, 7) is 9.56. The van der Waals surface area contributed by atoms with Crippen LogP contribution in [0.4, 0.5) is 13.2 Å². The summed E-state index contributed by atoms with van der Waals surface area (Å²) in [7, 11) is 0. The Morgan fingerprint density at radius 2 is 1.59 bits per heavy atom. The molecule has 102 valence electrons. The van der Waals surface area contributed by atoms with Crippen molar-refractivity contribution in [2.45, 2.75) is 65.1 Å². The third-order valence-corrected chi connectivity index (χ3v) is 4.22. The first-order chi connectivity index (χ1) is 7.73. The molecule has 0 radical (unpaired) electrons. The zero-order valence-corrected chi connectivity index (χ0v) is 11.3. The molecule has 0 aliphatic carbocycles. The van der Waals surface area contributed by atoms with Crippen molar-refractivity contribution in [1.82, 2.24) is 4.90 Å². The summed E-state index contributed by atoms with van der Waals surface area (Å²) in [6, 6.07) is 0. The van der Waals surface area contributed by atoms with Gasteiger partial charge in [-0.05, 0) is 53.1 Å². The Balaban J connectivity index is 2.70. The monoisotopic (exact) mass is 251 g/mol. The first-order valence-corrected chi connectivity index (χ1v) is 6.40. The molecule has 0 bridgehead atoms. The molecule has 1 unspecified atom stereocenters. The molecule has 0 aromatic rings. The second-order valence-corrected chi connectivity index (χ2v) is 6.11. The topological polar surface area (TPSA) is 3.24 Å². The number of hydrogen-bond acceptors (Lipinski definition) is 1. The van der Waals surface area contributed by atoms with Crippen LogP contribution < -0.4 is 0 Å². The fourth-order valence-electron chi connectivity index (χ4n) is 2.71. The molecule has 1 nitrogen and oxygen atoms in total. The molecule has 1 aliphatic heterocycles. The van der Waals surface area contributed by atoms with Crippen LogP contribution in [-0.4, -0.2) is 36.1 Å². The van der Waals surface area contributed by atoms with E-state index in [0.717, 1.165) is 0 Å². The zero-order valence-electron chi connectivity index (χ0n) is 11.3. The van der Waals surface area contributed by atoms with E-state index in [-0.39, 0.29) is 5.54 Å². The van der Waals surface area contributed by atoms with Crippen molar-refractivity contribution in [3.63, 3.8) is 0 Å². The molecule has 1 heterocycles. The van der Waals surface area contributed by atoms with Crippen molar-refractivity contribution in [3.8, 4) is 0 Å². The molecular weight excluding hydrogens is 227 g/mol. The Morgan fingerprint density at radius 1 is 1.12 bits per heavy atom. The highest BCUT2D eigenvalue weighted by atomic mass is 19.3. The number of alkyl halides is 3. The number of halogens is 3. The van der Waals surface area contributed by atoms with E-state index < -0.39 is 18.0 Å². The van der Waals surface area contributed by atoms with Gasteiger partial charge in [0.1, 0.15) is 0 Å². The summed E-state index contributed by atoms with van der Waals surface area (Å²) in [5, 5.41) is 0. The first-order valence-electron chi connectivity index (χ1n) is 6.40. The summed E-state index contributed by atoms with van der Waals surface area (Å²) in [5.41, 5.74) is -0.771. The van der Waals surface area contributed by atoms with E-state index in [2.05, 4.69) is 25.7 Å². The molecule has 4 heteroatoms. The molecule has 1 fully saturated rings. The average molecular weight is 251 g/mol. The summed E-state index contributed by atoms with van der Waals surface area (Å²) in [5.74, 6) is 0. The molecule has 1 atom stereocenters. The lowest BCUT2D eigenvalue weighted by atomic mass is 9.72. The molecule has 0 amide bonds. The summed E-state index contributed by atoms with van der Waals surface area (Å²) in [4.78, 5) is 2.25. The quantitative estimate of drug-likeness (QED) is 0.735. The largest absolute Gasteiger partial charge is 0.298 e. The van der Waals surface area contributed by atoms with Crippen molar-refractivity contribution >= 4 is 0 Å². The molecule has 0 spiro atoms. The van der Waals surface area contributed by atoms with E-state index in [9.17, 15) is 13.2 Å². The van der Waals surface area contributed by atoms with E-state index in [1.165, 1.54) is 0 Å². The highest BCUT2D eigenvalue weighted by molar-refractivity contribution is 4.94. The molecule has 17 heavy (non-hydrogen) atoms. The van der Waals surface area contributed by atoms with Gasteiger partial charge in [-0.2, -0.15) is 0 Å². The molecular formula is C13H24F3N. The van der Waals surface area contributed by atoms with Crippen molar-refractivity contribution < 1.29 is 13.2 Å². The van der Waals surface area contributed by atoms with Crippen LogP contribution in [-0.2, 0) is 0 Å². The number of likely N-dealkylation sites (tertiary alicyclic amines) is 1. The maximum Gasteiger partial charge on any atom is 0.269 e. The Morgan fingerprint density at radius 3 is 1.88 bits per heavy atom. The van der Waals surface area contributed by atoms with Crippen LogP contribution in [0.15, 0.2) is 0 Å². The van der Waals surface area contributed by atoms with Crippen LogP contribution in [0.1, 0.15) is 47.0 Å². The minimum absolute atomic E-state index is 0.0382. The van der Waals surface area contributed by atoms with Crippen LogP contribution in [0.2, 0.25) is 0 Å². The predicted octanol–water partition coefficient (Wildman–Crippen LogP) is 3.88. The standard InChI is InChI=1S/C13H24F3N/c1-5-13(10(14)11(15)16)6-8-17(9-7-13)12(2,3)4/h10-11H,5-9H2,1-4H3. The van der Waals surface area contributed by atoms with Gasteiger partial charge < -0.3 is 0 Å². The lowest BCUT2D eigenvalue weighted by Gasteiger charge is -2.47. The van der Waals surface area contributed by atoms with E-state index in [1.54, 1.807) is 0 Å². The van der Waals surface area contributed by atoms with Crippen LogP contribution in [0.5, 0.6) is 0 Å². The van der Waals surface area contributed by atoms with Crippen LogP contribution >= 0.6 is 0 Å². The normalized spacial score (nSPS) is 24.0. The number of rotatable bonds is 3. The van der Waals surface area contributed by atoms with Gasteiger partial charge in [-0.25, -0.2) is 13.2 Å². The van der Waals surface area contributed by atoms with Gasteiger partial charge in [-0.3, -0.25) is 4.90 Å². The third-order valence-electron chi connectivity index (χ3n) is 4.22. The molecule has 0 aromatic carbocycles. The smallest absolute Gasteiger partial charge is 0.269 e. The Kier molecular flexibility index (Phi) is 4.50. The Hall–Kier alpha value is -0.250. The summed E-state index contributed by atoms with van der Waals surface area (Å²) in [6.07, 6.45) is -3.26. The molecule has 1 aliphatic rings. The molecule has 0 aromatic heterocycles.